The smallest absolute Gasteiger partial charge is 0.292 e. The summed E-state index contributed by atoms with van der Waals surface area (Å²) in [5, 5.41) is 11.1. The molecule has 0 amide bonds. The van der Waals surface area contributed by atoms with Crippen LogP contribution in [0.4, 0.5) is 0 Å². The lowest BCUT2D eigenvalue weighted by atomic mass is 10.0. The number of Topliss-reactive ketones (excluding diaryl/α,β-unsaturated/α-hetero) is 2. The highest BCUT2D eigenvalue weighted by atomic mass is 35.5. The number of fused-ring (bicyclic) bond motifs is 6. The van der Waals surface area contributed by atoms with Gasteiger partial charge in [0.05, 0.1) is 42.6 Å². The maximum atomic E-state index is 13.8. The first-order valence-corrected chi connectivity index (χ1v) is 20.7. The third kappa shape index (κ3) is 5.97. The molecule has 2 aliphatic rings. The van der Waals surface area contributed by atoms with Crippen LogP contribution in [0.3, 0.4) is 0 Å². The Kier molecular flexibility index (Phi) is 9.06. The Balaban J connectivity index is 1.04. The van der Waals surface area contributed by atoms with Crippen molar-refractivity contribution in [2.45, 2.75) is 57.3 Å². The van der Waals surface area contributed by atoms with Crippen LogP contribution in [0.15, 0.2) is 47.4 Å². The summed E-state index contributed by atoms with van der Waals surface area (Å²) in [6.45, 7) is 3.68. The molecule has 0 unspecified atom stereocenters. The minimum absolute atomic E-state index is 0.102. The Morgan fingerprint density at radius 3 is 1.79 bits per heavy atom. The van der Waals surface area contributed by atoms with Crippen LogP contribution in [0.2, 0.25) is 20.1 Å². The van der Waals surface area contributed by atoms with Gasteiger partial charge >= 0.3 is 0 Å². The Morgan fingerprint density at radius 1 is 0.750 bits per heavy atom. The monoisotopic (exact) mass is 830 g/mol. The van der Waals surface area contributed by atoms with Crippen LogP contribution >= 0.6 is 69.1 Å². The number of halogens is 4. The summed E-state index contributed by atoms with van der Waals surface area (Å²) in [6.07, 6.45) is 1.82. The molecule has 0 bridgehead atoms. The van der Waals surface area contributed by atoms with Crippen molar-refractivity contribution in [1.82, 2.24) is 19.6 Å². The maximum absolute atomic E-state index is 13.8. The molecule has 16 heteroatoms. The molecule has 0 spiro atoms. The second kappa shape index (κ2) is 13.2. The predicted octanol–water partition coefficient (Wildman–Crippen LogP) is 10.4. The van der Waals surface area contributed by atoms with E-state index in [1.54, 1.807) is 64.0 Å². The third-order valence-corrected chi connectivity index (χ3v) is 13.8. The third-order valence-electron chi connectivity index (χ3n) is 9.29. The zero-order valence-electron chi connectivity index (χ0n) is 27.4. The van der Waals surface area contributed by atoms with Gasteiger partial charge in [-0.2, -0.15) is 18.6 Å². The van der Waals surface area contributed by atoms with E-state index in [0.29, 0.717) is 83.0 Å². The van der Waals surface area contributed by atoms with Crippen molar-refractivity contribution in [1.29, 1.82) is 0 Å². The highest BCUT2D eigenvalue weighted by molar-refractivity contribution is 7.86. The molecule has 0 saturated carbocycles. The summed E-state index contributed by atoms with van der Waals surface area (Å²) in [5.74, 6) is -0.380. The quantitative estimate of drug-likeness (QED) is 0.0826. The van der Waals surface area contributed by atoms with E-state index in [2.05, 4.69) is 13.0 Å². The summed E-state index contributed by atoms with van der Waals surface area (Å²) in [6, 6.07) is 12.2. The summed E-state index contributed by atoms with van der Waals surface area (Å²) < 4.78 is 38.0. The van der Waals surface area contributed by atoms with Gasteiger partial charge in [0.15, 0.2) is 11.6 Å². The van der Waals surface area contributed by atoms with Gasteiger partial charge in [0, 0.05) is 56.6 Å². The largest absolute Gasteiger partial charge is 0.295 e. The number of hydrogen-bond donors (Lipinski definition) is 1. The van der Waals surface area contributed by atoms with Crippen LogP contribution in [0, 0.1) is 13.8 Å². The van der Waals surface area contributed by atoms with Crippen LogP contribution in [0.25, 0.3) is 32.5 Å². The van der Waals surface area contributed by atoms with Gasteiger partial charge in [0.1, 0.15) is 16.3 Å². The van der Waals surface area contributed by atoms with Crippen molar-refractivity contribution in [3.63, 3.8) is 0 Å². The molecule has 8 rings (SSSR count). The standard InChI is InChI=1S/C36H26Cl4N4O5S3/c1-16-11-18-12-21-30(41-43(32(21)34(18)50-16)26-9-7-19(37)13-24(26)39)28(45)5-3-4-6-29(46)31-22-15-23-35(51-17(2)36(23)52(47,48)49)33(22)44(42-31)27-10-8-20(38)14-25(27)40/h7-11,13-14H,3-6,12,15H2,1-2H3,(H,47,48,49). The molecule has 2 aliphatic carbocycles. The normalized spacial score (nSPS) is 13.0. The van der Waals surface area contributed by atoms with E-state index >= 15 is 0 Å². The lowest BCUT2D eigenvalue weighted by molar-refractivity contribution is 0.0948. The molecule has 0 fully saturated rings. The predicted molar refractivity (Wildman–Crippen MR) is 206 cm³/mol. The van der Waals surface area contributed by atoms with E-state index in [4.69, 9.17) is 56.6 Å². The summed E-state index contributed by atoms with van der Waals surface area (Å²) in [5.41, 5.74) is 6.08. The number of hydrogen-bond acceptors (Lipinski definition) is 8. The molecule has 2 aromatic carbocycles. The highest BCUT2D eigenvalue weighted by Gasteiger charge is 2.38. The zero-order chi connectivity index (χ0) is 36.8. The zero-order valence-corrected chi connectivity index (χ0v) is 32.9. The lowest BCUT2D eigenvalue weighted by Crippen LogP contribution is -2.08. The molecule has 0 saturated heterocycles. The molecule has 0 aliphatic heterocycles. The molecular formula is C36H26Cl4N4O5S3. The van der Waals surface area contributed by atoms with Crippen LogP contribution < -0.4 is 0 Å². The van der Waals surface area contributed by atoms with Gasteiger partial charge < -0.3 is 0 Å². The van der Waals surface area contributed by atoms with Crippen LogP contribution in [-0.4, -0.2) is 44.1 Å². The second-order valence-electron chi connectivity index (χ2n) is 12.8. The van der Waals surface area contributed by atoms with Gasteiger partial charge in [-0.25, -0.2) is 9.36 Å². The van der Waals surface area contributed by atoms with Crippen molar-refractivity contribution in [3.05, 3.63) is 106 Å². The van der Waals surface area contributed by atoms with Gasteiger partial charge in [0.2, 0.25) is 0 Å². The number of benzene rings is 2. The molecule has 1 N–H and O–H groups in total. The first kappa shape index (κ1) is 35.7. The van der Waals surface area contributed by atoms with E-state index in [-0.39, 0.29) is 41.4 Å². The summed E-state index contributed by atoms with van der Waals surface area (Å²) in [4.78, 5) is 30.6. The first-order valence-electron chi connectivity index (χ1n) is 16.1. The molecule has 0 atom stereocenters. The SMILES string of the molecule is Cc1cc2c(s1)-c1c(c(C(=O)CCCCC(=O)c3nn(-c4ccc(Cl)cc4Cl)c4c3Cc3c-4sc(C)c3S(=O)(=O)O)nn1-c1ccc(Cl)cc1Cl)C2. The van der Waals surface area contributed by atoms with Crippen LogP contribution in [0.5, 0.6) is 0 Å². The summed E-state index contributed by atoms with van der Waals surface area (Å²) in [7, 11) is -4.52. The van der Waals surface area contributed by atoms with E-state index in [9.17, 15) is 22.6 Å². The fourth-order valence-electron chi connectivity index (χ4n) is 7.14. The average Bonchev–Trinajstić information content (AvgIpc) is 3.88. The van der Waals surface area contributed by atoms with Crippen molar-refractivity contribution >= 4 is 90.8 Å². The number of ketones is 2. The number of thiophene rings is 2. The van der Waals surface area contributed by atoms with Gasteiger partial charge in [-0.05, 0) is 80.3 Å². The van der Waals surface area contributed by atoms with Gasteiger partial charge in [0.25, 0.3) is 10.1 Å². The molecule has 4 heterocycles. The lowest BCUT2D eigenvalue weighted by Gasteiger charge is -2.08. The Bertz CT molecular complexity index is 2640. The van der Waals surface area contributed by atoms with E-state index in [0.717, 1.165) is 21.7 Å². The molecular weight excluding hydrogens is 806 g/mol. The molecule has 0 radical (unpaired) electrons. The van der Waals surface area contributed by atoms with Crippen molar-refractivity contribution < 1.29 is 22.6 Å². The van der Waals surface area contributed by atoms with E-state index < -0.39 is 10.1 Å². The highest BCUT2D eigenvalue weighted by Crippen LogP contribution is 2.49. The molecule has 6 aromatic rings. The van der Waals surface area contributed by atoms with E-state index in [1.807, 2.05) is 0 Å². The number of carbonyl (C=O) groups excluding carboxylic acids is 2. The Morgan fingerprint density at radius 2 is 1.27 bits per heavy atom. The summed E-state index contributed by atoms with van der Waals surface area (Å²) >= 11 is 28.4. The fraction of sp³-hybridized carbons (Fsp3) is 0.222. The second-order valence-corrected chi connectivity index (χ2v) is 18.3. The molecule has 52 heavy (non-hydrogen) atoms. The van der Waals surface area contributed by atoms with Crippen molar-refractivity contribution in [2.24, 2.45) is 0 Å². The minimum Gasteiger partial charge on any atom is -0.292 e. The molecule has 266 valence electrons. The van der Waals surface area contributed by atoms with Gasteiger partial charge in [-0.3, -0.25) is 14.1 Å². The fourth-order valence-corrected chi connectivity index (χ4v) is 11.7. The number of carbonyl (C=O) groups is 2. The van der Waals surface area contributed by atoms with Crippen LogP contribution in [-0.2, 0) is 23.0 Å². The number of unbranched alkanes of at least 4 members (excludes halogenated alkanes) is 1. The number of rotatable bonds is 10. The molecule has 4 aromatic heterocycles. The average molecular weight is 833 g/mol. The first-order chi connectivity index (χ1) is 24.7. The van der Waals surface area contributed by atoms with Crippen molar-refractivity contribution in [3.8, 4) is 32.5 Å². The maximum Gasteiger partial charge on any atom is 0.295 e. The van der Waals surface area contributed by atoms with Crippen LogP contribution in [0.1, 0.15) is 78.7 Å². The van der Waals surface area contributed by atoms with Gasteiger partial charge in [-0.1, -0.05) is 46.4 Å². The molecule has 9 nitrogen and oxygen atoms in total. The Hall–Kier alpha value is -3.33. The number of nitrogens with zero attached hydrogens (tertiary/aromatic N) is 4. The Labute approximate surface area is 326 Å². The number of aryl methyl sites for hydroxylation is 2. The van der Waals surface area contributed by atoms with Gasteiger partial charge in [-0.15, -0.1) is 22.7 Å². The van der Waals surface area contributed by atoms with E-state index in [1.165, 1.54) is 16.2 Å². The van der Waals surface area contributed by atoms with Crippen molar-refractivity contribution in [2.75, 3.05) is 0 Å². The minimum atomic E-state index is -4.52. The number of aromatic nitrogens is 4. The topological polar surface area (TPSA) is 124 Å².